The molecule has 3 aromatic carbocycles. The molecule has 214 valence electrons. The van der Waals surface area contributed by atoms with Crippen molar-refractivity contribution in [2.24, 2.45) is 0 Å². The number of carbonyl (C=O) groups excluding carboxylic acids is 2. The summed E-state index contributed by atoms with van der Waals surface area (Å²) in [6, 6.07) is 20.3. The molecule has 0 fully saturated rings. The van der Waals surface area contributed by atoms with Crippen molar-refractivity contribution in [1.82, 2.24) is 10.2 Å². The lowest BCUT2D eigenvalue weighted by molar-refractivity contribution is -0.140. The minimum Gasteiger partial charge on any atom is -0.350 e. The largest absolute Gasteiger partial charge is 0.350 e. The molecule has 0 aromatic heterocycles. The van der Waals surface area contributed by atoms with E-state index in [9.17, 15) is 18.0 Å². The van der Waals surface area contributed by atoms with Crippen molar-refractivity contribution in [3.63, 3.8) is 0 Å². The van der Waals surface area contributed by atoms with Crippen LogP contribution in [-0.4, -0.2) is 49.5 Å². The Morgan fingerprint density at radius 3 is 2.12 bits per heavy atom. The van der Waals surface area contributed by atoms with E-state index in [0.717, 1.165) is 16.1 Å². The highest BCUT2D eigenvalue weighted by Crippen LogP contribution is 2.27. The van der Waals surface area contributed by atoms with Crippen molar-refractivity contribution in [2.45, 2.75) is 52.2 Å². The molecule has 0 radical (unpaired) electrons. The summed E-state index contributed by atoms with van der Waals surface area (Å²) in [5.74, 6) is -0.897. The van der Waals surface area contributed by atoms with Crippen LogP contribution in [0.1, 0.15) is 37.5 Å². The molecule has 0 saturated heterocycles. The molecule has 0 spiro atoms. The summed E-state index contributed by atoms with van der Waals surface area (Å²) in [6.45, 7) is 6.85. The van der Waals surface area contributed by atoms with Crippen molar-refractivity contribution in [3.05, 3.63) is 99.5 Å². The van der Waals surface area contributed by atoms with Gasteiger partial charge in [-0.3, -0.25) is 13.9 Å². The number of carbonyl (C=O) groups is 2. The molecule has 0 aliphatic rings. The van der Waals surface area contributed by atoms with Crippen LogP contribution in [0.2, 0.25) is 10.0 Å². The van der Waals surface area contributed by atoms with Crippen molar-refractivity contribution < 1.29 is 18.0 Å². The number of amides is 2. The second kappa shape index (κ2) is 13.1. The maximum Gasteiger partial charge on any atom is 0.244 e. The zero-order valence-electron chi connectivity index (χ0n) is 23.3. The molecule has 2 amide bonds. The van der Waals surface area contributed by atoms with Crippen molar-refractivity contribution in [1.29, 1.82) is 0 Å². The molecule has 1 N–H and O–H groups in total. The molecule has 0 aliphatic heterocycles. The Kier molecular flexibility index (Phi) is 10.3. The maximum atomic E-state index is 14.1. The van der Waals surface area contributed by atoms with Crippen molar-refractivity contribution in [2.75, 3.05) is 17.1 Å². The highest BCUT2D eigenvalue weighted by Gasteiger charge is 2.34. The van der Waals surface area contributed by atoms with Gasteiger partial charge in [0, 0.05) is 28.5 Å². The molecule has 1 unspecified atom stereocenters. The van der Waals surface area contributed by atoms with E-state index < -0.39 is 34.1 Å². The topological polar surface area (TPSA) is 86.8 Å². The third-order valence-electron chi connectivity index (χ3n) is 6.13. The third kappa shape index (κ3) is 8.98. The fraction of sp³-hybridized carbons (Fsp3) is 0.333. The fourth-order valence-electron chi connectivity index (χ4n) is 4.28. The summed E-state index contributed by atoms with van der Waals surface area (Å²) >= 11 is 12.4. The van der Waals surface area contributed by atoms with E-state index in [1.54, 1.807) is 37.3 Å². The Hall–Kier alpha value is -3.07. The standard InChI is InChI=1S/C30H35Cl2N3O4S/c1-21-14-15-25(32)18-26(21)35(40(5,38)39)20-28(36)34(19-23-12-9-13-24(31)16-23)27(29(37)33-30(2,3)4)17-22-10-7-6-8-11-22/h6-16,18,27H,17,19-20H2,1-5H3,(H,33,37). The fourth-order valence-corrected chi connectivity index (χ4v) is 5.56. The Bertz CT molecular complexity index is 1460. The Labute approximate surface area is 247 Å². The van der Waals surface area contributed by atoms with Gasteiger partial charge in [-0.2, -0.15) is 0 Å². The van der Waals surface area contributed by atoms with E-state index in [1.807, 2.05) is 57.2 Å². The molecule has 0 heterocycles. The molecule has 3 aromatic rings. The summed E-state index contributed by atoms with van der Waals surface area (Å²) in [7, 11) is -3.89. The smallest absolute Gasteiger partial charge is 0.244 e. The lowest BCUT2D eigenvalue weighted by Gasteiger charge is -2.35. The van der Waals surface area contributed by atoms with Crippen LogP contribution in [0, 0.1) is 6.92 Å². The predicted octanol–water partition coefficient (Wildman–Crippen LogP) is 5.62. The molecule has 7 nitrogen and oxygen atoms in total. The monoisotopic (exact) mass is 603 g/mol. The highest BCUT2D eigenvalue weighted by molar-refractivity contribution is 7.92. The number of benzene rings is 3. The predicted molar refractivity (Wildman–Crippen MR) is 162 cm³/mol. The number of hydrogen-bond acceptors (Lipinski definition) is 4. The van der Waals surface area contributed by atoms with Crippen LogP contribution in [0.15, 0.2) is 72.8 Å². The van der Waals surface area contributed by atoms with Gasteiger partial charge in [-0.05, 0) is 68.7 Å². The van der Waals surface area contributed by atoms with E-state index in [1.165, 1.54) is 11.0 Å². The number of sulfonamides is 1. The van der Waals surface area contributed by atoms with E-state index in [4.69, 9.17) is 23.2 Å². The molecule has 0 aliphatic carbocycles. The normalized spacial score (nSPS) is 12.5. The summed E-state index contributed by atoms with van der Waals surface area (Å²) in [4.78, 5) is 29.3. The number of aryl methyl sites for hydroxylation is 1. The van der Waals surface area contributed by atoms with Gasteiger partial charge < -0.3 is 10.2 Å². The summed E-state index contributed by atoms with van der Waals surface area (Å²) in [6.07, 6.45) is 1.26. The second-order valence-electron chi connectivity index (χ2n) is 10.8. The lowest BCUT2D eigenvalue weighted by Crippen LogP contribution is -2.56. The van der Waals surface area contributed by atoms with Crippen LogP contribution in [-0.2, 0) is 32.6 Å². The van der Waals surface area contributed by atoms with Gasteiger partial charge >= 0.3 is 0 Å². The zero-order valence-corrected chi connectivity index (χ0v) is 25.6. The summed E-state index contributed by atoms with van der Waals surface area (Å²) in [5.41, 5.74) is 1.92. The molecule has 0 bridgehead atoms. The van der Waals surface area contributed by atoms with E-state index in [0.29, 0.717) is 26.9 Å². The molecule has 3 rings (SSSR count). The molecule has 40 heavy (non-hydrogen) atoms. The first-order valence-corrected chi connectivity index (χ1v) is 15.4. The minimum atomic E-state index is -3.89. The maximum absolute atomic E-state index is 14.1. The van der Waals surface area contributed by atoms with Gasteiger partial charge in [0.25, 0.3) is 0 Å². The van der Waals surface area contributed by atoms with Gasteiger partial charge in [0.2, 0.25) is 21.8 Å². The quantitative estimate of drug-likeness (QED) is 0.326. The average Bonchev–Trinajstić information content (AvgIpc) is 2.85. The Morgan fingerprint density at radius 1 is 0.900 bits per heavy atom. The highest BCUT2D eigenvalue weighted by atomic mass is 35.5. The summed E-state index contributed by atoms with van der Waals surface area (Å²) < 4.78 is 26.9. The number of anilines is 1. The number of nitrogens with one attached hydrogen (secondary N) is 1. The molecule has 1 atom stereocenters. The molecular weight excluding hydrogens is 569 g/mol. The average molecular weight is 605 g/mol. The van der Waals surface area contributed by atoms with Gasteiger partial charge in [-0.15, -0.1) is 0 Å². The first kappa shape index (κ1) is 31.5. The SMILES string of the molecule is Cc1ccc(Cl)cc1N(CC(=O)N(Cc1cccc(Cl)c1)C(Cc1ccccc1)C(=O)NC(C)(C)C)S(C)(=O)=O. The van der Waals surface area contributed by atoms with Gasteiger partial charge in [0.1, 0.15) is 12.6 Å². The zero-order chi connectivity index (χ0) is 29.7. The van der Waals surface area contributed by atoms with E-state index in [2.05, 4.69) is 5.32 Å². The van der Waals surface area contributed by atoms with E-state index in [-0.39, 0.29) is 18.9 Å². The van der Waals surface area contributed by atoms with Crippen molar-refractivity contribution in [3.8, 4) is 0 Å². The summed E-state index contributed by atoms with van der Waals surface area (Å²) in [5, 5.41) is 3.82. The molecule has 0 saturated carbocycles. The second-order valence-corrected chi connectivity index (χ2v) is 13.6. The van der Waals surface area contributed by atoms with Crippen LogP contribution in [0.4, 0.5) is 5.69 Å². The lowest BCUT2D eigenvalue weighted by atomic mass is 10.0. The van der Waals surface area contributed by atoms with Crippen LogP contribution in [0.25, 0.3) is 0 Å². The number of hydrogen-bond donors (Lipinski definition) is 1. The first-order chi connectivity index (χ1) is 18.6. The number of halogens is 2. The van der Waals surface area contributed by atoms with Gasteiger partial charge in [0.15, 0.2) is 0 Å². The van der Waals surface area contributed by atoms with Gasteiger partial charge in [0.05, 0.1) is 11.9 Å². The van der Waals surface area contributed by atoms with Crippen LogP contribution in [0.3, 0.4) is 0 Å². The van der Waals surface area contributed by atoms with Crippen molar-refractivity contribution >= 4 is 50.7 Å². The molecule has 10 heteroatoms. The van der Waals surface area contributed by atoms with E-state index >= 15 is 0 Å². The van der Waals surface area contributed by atoms with Crippen LogP contribution in [0.5, 0.6) is 0 Å². The Balaban J connectivity index is 2.10. The first-order valence-electron chi connectivity index (χ1n) is 12.8. The Morgan fingerprint density at radius 2 is 1.52 bits per heavy atom. The minimum absolute atomic E-state index is 0.0422. The van der Waals surface area contributed by atoms with Gasteiger partial charge in [-0.25, -0.2) is 8.42 Å². The third-order valence-corrected chi connectivity index (χ3v) is 7.73. The van der Waals surface area contributed by atoms with Crippen LogP contribution >= 0.6 is 23.2 Å². The number of nitrogens with zero attached hydrogens (tertiary/aromatic N) is 2. The van der Waals surface area contributed by atoms with Gasteiger partial charge in [-0.1, -0.05) is 71.7 Å². The van der Waals surface area contributed by atoms with Crippen LogP contribution < -0.4 is 9.62 Å². The molecular formula is C30H35Cl2N3O4S. The number of rotatable bonds is 10.